The summed E-state index contributed by atoms with van der Waals surface area (Å²) in [6, 6.07) is 6.54. The van der Waals surface area contributed by atoms with Gasteiger partial charge in [0.1, 0.15) is 16.8 Å². The quantitative estimate of drug-likeness (QED) is 0.738. The second kappa shape index (κ2) is 6.17. The second-order valence-corrected chi connectivity index (χ2v) is 5.73. The maximum atomic E-state index is 12.0. The highest BCUT2D eigenvalue weighted by Gasteiger charge is 2.16. The molecule has 1 aromatic carbocycles. The summed E-state index contributed by atoms with van der Waals surface area (Å²) in [5.74, 6) is 0.0960. The third-order valence-electron chi connectivity index (χ3n) is 3.20. The first-order valence-electron chi connectivity index (χ1n) is 6.81. The summed E-state index contributed by atoms with van der Waals surface area (Å²) in [7, 11) is 0. The summed E-state index contributed by atoms with van der Waals surface area (Å²) >= 11 is 1.22. The third-order valence-corrected chi connectivity index (χ3v) is 3.80. The van der Waals surface area contributed by atoms with Crippen molar-refractivity contribution in [2.75, 3.05) is 5.32 Å². The minimum Gasteiger partial charge on any atom is -0.481 e. The van der Waals surface area contributed by atoms with Crippen molar-refractivity contribution in [3.63, 3.8) is 0 Å². The van der Waals surface area contributed by atoms with E-state index in [1.165, 1.54) is 22.9 Å². The van der Waals surface area contributed by atoms with Gasteiger partial charge in [-0.25, -0.2) is 4.79 Å². The van der Waals surface area contributed by atoms with E-state index in [1.54, 1.807) is 25.1 Å². The fourth-order valence-electron chi connectivity index (χ4n) is 2.07. The highest BCUT2D eigenvalue weighted by molar-refractivity contribution is 7.13. The minimum absolute atomic E-state index is 0.340. The number of rotatable bonds is 4. The van der Waals surface area contributed by atoms with Crippen LogP contribution in [0, 0.1) is 6.92 Å². The van der Waals surface area contributed by atoms with Crippen LogP contribution in [0.25, 0.3) is 11.0 Å². The number of anilines is 1. The van der Waals surface area contributed by atoms with Crippen LogP contribution in [-0.4, -0.2) is 22.2 Å². The predicted molar refractivity (Wildman–Crippen MR) is 85.8 cm³/mol. The minimum atomic E-state index is -0.743. The highest BCUT2D eigenvalue weighted by atomic mass is 32.1. The summed E-state index contributed by atoms with van der Waals surface area (Å²) in [5.41, 5.74) is 2.35. The smallest absolute Gasteiger partial charge is 0.336 e. The maximum absolute atomic E-state index is 12.0. The van der Waals surface area contributed by atoms with Gasteiger partial charge in [-0.05, 0) is 31.5 Å². The number of benzene rings is 1. The lowest BCUT2D eigenvalue weighted by molar-refractivity contribution is -0.122. The first kappa shape index (κ1) is 15.2. The van der Waals surface area contributed by atoms with E-state index in [4.69, 9.17) is 9.15 Å². The molecule has 1 atom stereocenters. The van der Waals surface area contributed by atoms with Crippen LogP contribution in [0.5, 0.6) is 5.75 Å². The van der Waals surface area contributed by atoms with Gasteiger partial charge in [-0.15, -0.1) is 10.2 Å². The molecule has 3 aromatic rings. The molecule has 0 spiro atoms. The summed E-state index contributed by atoms with van der Waals surface area (Å²) in [6.45, 7) is 3.45. The topological polar surface area (TPSA) is 94.3 Å². The SMILES string of the molecule is Cc1cc(=O)oc2cc(OC(C)C(=O)Nc3nncs3)ccc12. The summed E-state index contributed by atoms with van der Waals surface area (Å²) in [6.07, 6.45) is -0.743. The van der Waals surface area contributed by atoms with Gasteiger partial charge in [0, 0.05) is 17.5 Å². The number of ether oxygens (including phenoxy) is 1. The zero-order valence-electron chi connectivity index (χ0n) is 12.4. The zero-order chi connectivity index (χ0) is 16.4. The van der Waals surface area contributed by atoms with Crippen LogP contribution in [-0.2, 0) is 4.79 Å². The molecule has 0 bridgehead atoms. The van der Waals surface area contributed by atoms with Gasteiger partial charge in [0.05, 0.1) is 0 Å². The van der Waals surface area contributed by atoms with Gasteiger partial charge in [-0.3, -0.25) is 10.1 Å². The second-order valence-electron chi connectivity index (χ2n) is 4.90. The Morgan fingerprint density at radius 3 is 2.96 bits per heavy atom. The molecule has 118 valence electrons. The molecule has 0 aliphatic rings. The van der Waals surface area contributed by atoms with Gasteiger partial charge in [0.15, 0.2) is 6.10 Å². The van der Waals surface area contributed by atoms with Crippen LogP contribution >= 0.6 is 11.3 Å². The van der Waals surface area contributed by atoms with Crippen molar-refractivity contribution in [2.24, 2.45) is 0 Å². The van der Waals surface area contributed by atoms with Crippen molar-refractivity contribution in [1.82, 2.24) is 10.2 Å². The van der Waals surface area contributed by atoms with E-state index in [0.717, 1.165) is 10.9 Å². The van der Waals surface area contributed by atoms with Crippen LogP contribution in [0.2, 0.25) is 0 Å². The lowest BCUT2D eigenvalue weighted by atomic mass is 10.1. The van der Waals surface area contributed by atoms with Crippen molar-refractivity contribution in [3.05, 3.63) is 45.8 Å². The highest BCUT2D eigenvalue weighted by Crippen LogP contribution is 2.23. The molecule has 0 aliphatic carbocycles. The number of nitrogens with zero attached hydrogens (tertiary/aromatic N) is 2. The van der Waals surface area contributed by atoms with E-state index in [2.05, 4.69) is 15.5 Å². The Balaban J connectivity index is 1.78. The zero-order valence-corrected chi connectivity index (χ0v) is 13.2. The summed E-state index contributed by atoms with van der Waals surface area (Å²) in [4.78, 5) is 23.5. The molecule has 2 heterocycles. The van der Waals surface area contributed by atoms with Crippen molar-refractivity contribution in [1.29, 1.82) is 0 Å². The first-order valence-corrected chi connectivity index (χ1v) is 7.69. The molecule has 8 heteroatoms. The molecule has 0 saturated heterocycles. The Kier molecular flexibility index (Phi) is 4.07. The number of carbonyl (C=O) groups excluding carboxylic acids is 1. The van der Waals surface area contributed by atoms with Gasteiger partial charge in [0.25, 0.3) is 5.91 Å². The van der Waals surface area contributed by atoms with Crippen molar-refractivity contribution in [2.45, 2.75) is 20.0 Å². The number of aromatic nitrogens is 2. The van der Waals surface area contributed by atoms with E-state index in [-0.39, 0.29) is 5.91 Å². The van der Waals surface area contributed by atoms with E-state index in [1.807, 2.05) is 6.92 Å². The van der Waals surface area contributed by atoms with E-state index in [9.17, 15) is 9.59 Å². The van der Waals surface area contributed by atoms with Crippen LogP contribution in [0.1, 0.15) is 12.5 Å². The van der Waals surface area contributed by atoms with E-state index in [0.29, 0.717) is 16.5 Å². The molecular formula is C15H13N3O4S. The van der Waals surface area contributed by atoms with Gasteiger partial charge in [0.2, 0.25) is 5.13 Å². The van der Waals surface area contributed by atoms with E-state index >= 15 is 0 Å². The Morgan fingerprint density at radius 1 is 1.39 bits per heavy atom. The van der Waals surface area contributed by atoms with Crippen LogP contribution in [0.15, 0.2) is 39.0 Å². The molecule has 2 aromatic heterocycles. The number of amides is 1. The Bertz CT molecular complexity index is 905. The number of carbonyl (C=O) groups is 1. The number of nitrogens with one attached hydrogen (secondary N) is 1. The van der Waals surface area contributed by atoms with E-state index < -0.39 is 11.7 Å². The summed E-state index contributed by atoms with van der Waals surface area (Å²) < 4.78 is 10.8. The molecule has 0 saturated carbocycles. The molecule has 0 radical (unpaired) electrons. The monoisotopic (exact) mass is 331 g/mol. The number of hydrogen-bond acceptors (Lipinski definition) is 7. The molecular weight excluding hydrogens is 318 g/mol. The molecule has 1 unspecified atom stereocenters. The third kappa shape index (κ3) is 3.37. The normalized spacial score (nSPS) is 12.1. The Morgan fingerprint density at radius 2 is 2.22 bits per heavy atom. The van der Waals surface area contributed by atoms with Crippen LogP contribution in [0.4, 0.5) is 5.13 Å². The average Bonchev–Trinajstić information content (AvgIpc) is 2.99. The van der Waals surface area contributed by atoms with Crippen molar-refractivity contribution < 1.29 is 13.9 Å². The molecule has 1 amide bonds. The van der Waals surface area contributed by atoms with Gasteiger partial charge >= 0.3 is 5.63 Å². The largest absolute Gasteiger partial charge is 0.481 e. The first-order chi connectivity index (χ1) is 11.0. The number of aryl methyl sites for hydroxylation is 1. The lowest BCUT2D eigenvalue weighted by Gasteiger charge is -2.14. The van der Waals surface area contributed by atoms with Crippen LogP contribution < -0.4 is 15.7 Å². The van der Waals surface area contributed by atoms with Gasteiger partial charge in [-0.2, -0.15) is 0 Å². The number of fused-ring (bicyclic) bond motifs is 1. The fraction of sp³-hybridized carbons (Fsp3) is 0.200. The summed E-state index contributed by atoms with van der Waals surface area (Å²) in [5, 5.41) is 11.2. The molecule has 7 nitrogen and oxygen atoms in total. The van der Waals surface area contributed by atoms with Crippen molar-refractivity contribution in [3.8, 4) is 5.75 Å². The molecule has 0 fully saturated rings. The predicted octanol–water partition coefficient (Wildman–Crippen LogP) is 2.36. The van der Waals surface area contributed by atoms with Gasteiger partial charge < -0.3 is 9.15 Å². The van der Waals surface area contributed by atoms with Gasteiger partial charge in [-0.1, -0.05) is 11.3 Å². The fourth-order valence-corrected chi connectivity index (χ4v) is 2.52. The standard InChI is InChI=1S/C15H13N3O4S/c1-8-5-13(19)22-12-6-10(3-4-11(8)12)21-9(2)14(20)17-15-18-16-7-23-15/h3-7,9H,1-2H3,(H,17,18,20). The molecule has 0 aliphatic heterocycles. The van der Waals surface area contributed by atoms with Crippen LogP contribution in [0.3, 0.4) is 0 Å². The average molecular weight is 331 g/mol. The molecule has 3 rings (SSSR count). The molecule has 23 heavy (non-hydrogen) atoms. The Hall–Kier alpha value is -2.74. The maximum Gasteiger partial charge on any atom is 0.336 e. The molecule has 1 N–H and O–H groups in total. The Labute approximate surface area is 134 Å². The number of hydrogen-bond donors (Lipinski definition) is 1. The van der Waals surface area contributed by atoms with Crippen molar-refractivity contribution >= 4 is 33.3 Å². The lowest BCUT2D eigenvalue weighted by Crippen LogP contribution is -2.30.